The van der Waals surface area contributed by atoms with Crippen LogP contribution in [0.25, 0.3) is 0 Å². The molecule has 0 amide bonds. The largest absolute Gasteiger partial charge is 0.273 e. The van der Waals surface area contributed by atoms with Crippen LogP contribution in [0.3, 0.4) is 0 Å². The van der Waals surface area contributed by atoms with E-state index in [0.29, 0.717) is 12.0 Å². The van der Waals surface area contributed by atoms with Crippen molar-refractivity contribution in [2.45, 2.75) is 29.5 Å². The van der Waals surface area contributed by atoms with Gasteiger partial charge in [0.25, 0.3) is 5.69 Å². The minimum atomic E-state index is -3.67. The number of hydrogen-bond acceptors (Lipinski definition) is 4. The minimum Gasteiger partial charge on any atom is -0.258 e. The summed E-state index contributed by atoms with van der Waals surface area (Å²) >= 11 is 3.42. The third-order valence-electron chi connectivity index (χ3n) is 2.72. The van der Waals surface area contributed by atoms with Crippen molar-refractivity contribution in [3.05, 3.63) is 33.9 Å². The lowest BCUT2D eigenvalue weighted by Crippen LogP contribution is -2.19. The second kappa shape index (κ2) is 6.44. The maximum Gasteiger partial charge on any atom is 0.273 e. The highest BCUT2D eigenvalue weighted by atomic mass is 79.9. The fourth-order valence-corrected chi connectivity index (χ4v) is 2.65. The molecule has 0 spiro atoms. The van der Waals surface area contributed by atoms with Gasteiger partial charge in [0.1, 0.15) is 0 Å². The van der Waals surface area contributed by atoms with Gasteiger partial charge in [0.2, 0.25) is 10.0 Å². The number of sulfonamides is 1. The van der Waals surface area contributed by atoms with Crippen LogP contribution in [0.2, 0.25) is 0 Å². The smallest absolute Gasteiger partial charge is 0.258 e. The standard InChI is InChI=1S/C11H15BrN2O4S/c1-3-9(12)6-8-4-5-10(19(17,18)13-2)7-11(8)14(15)16/h4-5,7,9,13H,3,6H2,1-2H3. The lowest BCUT2D eigenvalue weighted by atomic mass is 10.1. The summed E-state index contributed by atoms with van der Waals surface area (Å²) in [6.07, 6.45) is 1.31. The molecule has 0 fully saturated rings. The first-order valence-corrected chi connectivity index (χ1v) is 8.06. The Morgan fingerprint density at radius 3 is 2.58 bits per heavy atom. The highest BCUT2D eigenvalue weighted by molar-refractivity contribution is 9.09. The first kappa shape index (κ1) is 16.1. The van der Waals surface area contributed by atoms with E-state index in [4.69, 9.17) is 0 Å². The molecule has 0 saturated carbocycles. The fraction of sp³-hybridized carbons (Fsp3) is 0.455. The molecule has 1 aromatic rings. The van der Waals surface area contributed by atoms with E-state index in [1.165, 1.54) is 19.2 Å². The van der Waals surface area contributed by atoms with Crippen molar-refractivity contribution in [1.29, 1.82) is 0 Å². The average molecular weight is 351 g/mol. The number of rotatable bonds is 6. The van der Waals surface area contributed by atoms with Gasteiger partial charge in [-0.05, 0) is 26.0 Å². The molecule has 0 bridgehead atoms. The first-order valence-electron chi connectivity index (χ1n) is 5.66. The number of alkyl halides is 1. The van der Waals surface area contributed by atoms with Gasteiger partial charge >= 0.3 is 0 Å². The third-order valence-corrected chi connectivity index (χ3v) is 5.10. The van der Waals surface area contributed by atoms with E-state index in [1.807, 2.05) is 6.92 Å². The molecule has 1 N–H and O–H groups in total. The predicted molar refractivity (Wildman–Crippen MR) is 76.1 cm³/mol. The Bertz CT molecular complexity index is 574. The molecule has 0 aromatic heterocycles. The van der Waals surface area contributed by atoms with E-state index in [9.17, 15) is 18.5 Å². The Labute approximate surface area is 120 Å². The Morgan fingerprint density at radius 1 is 1.47 bits per heavy atom. The number of nitro groups is 1. The molecule has 0 aliphatic carbocycles. The Morgan fingerprint density at radius 2 is 2.11 bits per heavy atom. The molecule has 1 aromatic carbocycles. The van der Waals surface area contributed by atoms with Crippen LogP contribution in [0.5, 0.6) is 0 Å². The molecule has 0 aliphatic heterocycles. The molecular formula is C11H15BrN2O4S. The predicted octanol–water partition coefficient (Wildman–Crippen LogP) is 2.22. The first-order chi connectivity index (χ1) is 8.81. The molecule has 8 heteroatoms. The molecule has 106 valence electrons. The molecule has 0 heterocycles. The lowest BCUT2D eigenvalue weighted by Gasteiger charge is -2.09. The van der Waals surface area contributed by atoms with Gasteiger partial charge < -0.3 is 0 Å². The third kappa shape index (κ3) is 3.99. The Hall–Kier alpha value is -0.990. The van der Waals surface area contributed by atoms with Crippen LogP contribution in [0, 0.1) is 10.1 Å². The average Bonchev–Trinajstić information content (AvgIpc) is 2.38. The second-order valence-corrected chi connectivity index (χ2v) is 7.15. The highest BCUT2D eigenvalue weighted by Gasteiger charge is 2.21. The molecule has 6 nitrogen and oxygen atoms in total. The molecule has 19 heavy (non-hydrogen) atoms. The number of hydrogen-bond donors (Lipinski definition) is 1. The normalized spacial score (nSPS) is 13.2. The van der Waals surface area contributed by atoms with E-state index >= 15 is 0 Å². The second-order valence-electron chi connectivity index (χ2n) is 3.96. The van der Waals surface area contributed by atoms with Crippen molar-refractivity contribution < 1.29 is 13.3 Å². The maximum absolute atomic E-state index is 11.6. The maximum atomic E-state index is 11.6. The molecule has 1 rings (SSSR count). The quantitative estimate of drug-likeness (QED) is 0.483. The van der Waals surface area contributed by atoms with E-state index in [1.54, 1.807) is 0 Å². The van der Waals surface area contributed by atoms with Crippen LogP contribution < -0.4 is 4.72 Å². The van der Waals surface area contributed by atoms with Crippen LogP contribution in [0.4, 0.5) is 5.69 Å². The molecule has 0 saturated heterocycles. The topological polar surface area (TPSA) is 89.3 Å². The summed E-state index contributed by atoms with van der Waals surface area (Å²) in [6, 6.07) is 3.96. The van der Waals surface area contributed by atoms with E-state index in [2.05, 4.69) is 20.7 Å². The van der Waals surface area contributed by atoms with Gasteiger partial charge in [-0.2, -0.15) is 0 Å². The monoisotopic (exact) mass is 350 g/mol. The number of nitrogens with zero attached hydrogens (tertiary/aromatic N) is 1. The number of benzene rings is 1. The Balaban J connectivity index is 3.27. The van der Waals surface area contributed by atoms with Crippen molar-refractivity contribution >= 4 is 31.6 Å². The van der Waals surface area contributed by atoms with Crippen LogP contribution in [-0.4, -0.2) is 25.2 Å². The van der Waals surface area contributed by atoms with Gasteiger partial charge in [0.15, 0.2) is 0 Å². The fourth-order valence-electron chi connectivity index (χ4n) is 1.55. The van der Waals surface area contributed by atoms with E-state index in [-0.39, 0.29) is 15.4 Å². The SMILES string of the molecule is CCC(Br)Cc1ccc(S(=O)(=O)NC)cc1[N+](=O)[O-]. The summed E-state index contributed by atoms with van der Waals surface area (Å²) in [6.45, 7) is 1.96. The van der Waals surface area contributed by atoms with Crippen molar-refractivity contribution in [2.24, 2.45) is 0 Å². The zero-order valence-corrected chi connectivity index (χ0v) is 13.0. The van der Waals surface area contributed by atoms with Crippen molar-refractivity contribution in [3.8, 4) is 0 Å². The zero-order chi connectivity index (χ0) is 14.6. The van der Waals surface area contributed by atoms with Crippen molar-refractivity contribution in [2.75, 3.05) is 7.05 Å². The van der Waals surface area contributed by atoms with Crippen molar-refractivity contribution in [3.63, 3.8) is 0 Å². The van der Waals surface area contributed by atoms with Crippen LogP contribution in [0.15, 0.2) is 23.1 Å². The van der Waals surface area contributed by atoms with Gasteiger partial charge in [-0.25, -0.2) is 13.1 Å². The minimum absolute atomic E-state index is 0.104. The van der Waals surface area contributed by atoms with Crippen LogP contribution in [0.1, 0.15) is 18.9 Å². The highest BCUT2D eigenvalue weighted by Crippen LogP contribution is 2.26. The van der Waals surface area contributed by atoms with Crippen molar-refractivity contribution in [1.82, 2.24) is 4.72 Å². The van der Waals surface area contributed by atoms with Gasteiger partial charge in [-0.3, -0.25) is 10.1 Å². The lowest BCUT2D eigenvalue weighted by molar-refractivity contribution is -0.385. The molecule has 1 unspecified atom stereocenters. The van der Waals surface area contributed by atoms with E-state index < -0.39 is 14.9 Å². The molecule has 0 aliphatic rings. The summed E-state index contributed by atoms with van der Waals surface area (Å²) < 4.78 is 25.4. The van der Waals surface area contributed by atoms with Gasteiger partial charge in [-0.15, -0.1) is 0 Å². The van der Waals surface area contributed by atoms with E-state index in [0.717, 1.165) is 12.5 Å². The number of halogens is 1. The van der Waals surface area contributed by atoms with Gasteiger partial charge in [0, 0.05) is 16.5 Å². The Kier molecular flexibility index (Phi) is 5.45. The van der Waals surface area contributed by atoms with Crippen LogP contribution >= 0.6 is 15.9 Å². The summed E-state index contributed by atoms with van der Waals surface area (Å²) in [5, 5.41) is 11.0. The summed E-state index contributed by atoms with van der Waals surface area (Å²) in [4.78, 5) is 10.5. The zero-order valence-electron chi connectivity index (χ0n) is 10.6. The van der Waals surface area contributed by atoms with Gasteiger partial charge in [0.05, 0.1) is 9.82 Å². The summed E-state index contributed by atoms with van der Waals surface area (Å²) in [5.74, 6) is 0. The van der Waals surface area contributed by atoms with Gasteiger partial charge in [-0.1, -0.05) is 28.9 Å². The number of nitro benzene ring substituents is 1. The summed E-state index contributed by atoms with van der Waals surface area (Å²) in [5.41, 5.74) is 0.345. The van der Waals surface area contributed by atoms with Crippen LogP contribution in [-0.2, 0) is 16.4 Å². The molecule has 1 atom stereocenters. The number of nitrogens with one attached hydrogen (secondary N) is 1. The molecular weight excluding hydrogens is 336 g/mol. The summed E-state index contributed by atoms with van der Waals surface area (Å²) in [7, 11) is -2.41. The molecule has 0 radical (unpaired) electrons.